The number of nitro groups is 1. The average Bonchev–Trinajstić information content (AvgIpc) is 3.19. The maximum absolute atomic E-state index is 13.8. The Balaban J connectivity index is 2.22. The molecule has 6 nitrogen and oxygen atoms in total. The Labute approximate surface area is 122 Å². The Morgan fingerprint density at radius 2 is 2.33 bits per heavy atom. The Morgan fingerprint density at radius 1 is 1.62 bits per heavy atom. The number of benzene rings is 1. The Kier molecular flexibility index (Phi) is 3.01. The zero-order valence-corrected chi connectivity index (χ0v) is 11.3. The van der Waals surface area contributed by atoms with E-state index in [4.69, 9.17) is 22.1 Å². The highest BCUT2D eigenvalue weighted by Gasteiger charge is 2.60. The van der Waals surface area contributed by atoms with Gasteiger partial charge in [-0.05, 0) is 6.42 Å². The van der Waals surface area contributed by atoms with Crippen molar-refractivity contribution in [1.82, 2.24) is 0 Å². The van der Waals surface area contributed by atoms with Crippen LogP contribution in [0.4, 0.5) is 14.5 Å². The number of amidine groups is 1. The molecule has 0 bridgehead atoms. The van der Waals surface area contributed by atoms with Crippen molar-refractivity contribution in [2.45, 2.75) is 18.1 Å². The first-order valence-corrected chi connectivity index (χ1v) is 6.48. The summed E-state index contributed by atoms with van der Waals surface area (Å²) in [6, 6.07) is 1.51. The fourth-order valence-corrected chi connectivity index (χ4v) is 2.99. The molecule has 2 aliphatic rings. The summed E-state index contributed by atoms with van der Waals surface area (Å²) in [7, 11) is 0. The van der Waals surface area contributed by atoms with Crippen molar-refractivity contribution >= 4 is 23.3 Å². The number of hydrogen-bond donors (Lipinski definition) is 1. The van der Waals surface area contributed by atoms with Crippen LogP contribution in [0.5, 0.6) is 0 Å². The number of alkyl halides is 1. The monoisotopic (exact) mass is 317 g/mol. The molecule has 1 aromatic carbocycles. The first kappa shape index (κ1) is 14.0. The molecule has 1 aromatic rings. The molecule has 21 heavy (non-hydrogen) atoms. The van der Waals surface area contributed by atoms with Gasteiger partial charge in [0.15, 0.2) is 0 Å². The fourth-order valence-electron chi connectivity index (χ4n) is 2.72. The quantitative estimate of drug-likeness (QED) is 0.684. The molecule has 0 aromatic heterocycles. The van der Waals surface area contributed by atoms with Crippen LogP contribution in [-0.2, 0) is 10.3 Å². The largest absolute Gasteiger partial charge is 0.462 e. The van der Waals surface area contributed by atoms with E-state index in [1.165, 1.54) is 0 Å². The molecule has 1 fully saturated rings. The molecule has 0 amide bonds. The second-order valence-corrected chi connectivity index (χ2v) is 5.43. The van der Waals surface area contributed by atoms with Gasteiger partial charge in [0, 0.05) is 17.5 Å². The van der Waals surface area contributed by atoms with E-state index in [9.17, 15) is 18.9 Å². The number of ether oxygens (including phenoxy) is 1. The molecule has 3 rings (SSSR count). The van der Waals surface area contributed by atoms with Gasteiger partial charge in [0.2, 0.25) is 0 Å². The Morgan fingerprint density at radius 3 is 2.95 bits per heavy atom. The van der Waals surface area contributed by atoms with Crippen molar-refractivity contribution in [3.05, 3.63) is 38.7 Å². The number of hydrogen-bond acceptors (Lipinski definition) is 5. The highest BCUT2D eigenvalue weighted by atomic mass is 35.5. The van der Waals surface area contributed by atoms with Crippen molar-refractivity contribution in [2.24, 2.45) is 16.6 Å². The molecule has 1 heterocycles. The van der Waals surface area contributed by atoms with E-state index in [1.54, 1.807) is 0 Å². The lowest BCUT2D eigenvalue weighted by atomic mass is 9.85. The topological polar surface area (TPSA) is 90.8 Å². The average molecular weight is 318 g/mol. The number of nitrogens with zero attached hydrogens (tertiary/aromatic N) is 2. The fraction of sp³-hybridized carbons (Fsp3) is 0.417. The summed E-state index contributed by atoms with van der Waals surface area (Å²) in [5.41, 5.74) is 3.40. The smallest absolute Gasteiger partial charge is 0.283 e. The Hall–Kier alpha value is -1.96. The summed E-state index contributed by atoms with van der Waals surface area (Å²) in [4.78, 5) is 14.0. The van der Waals surface area contributed by atoms with Gasteiger partial charge in [-0.1, -0.05) is 11.6 Å². The summed E-state index contributed by atoms with van der Waals surface area (Å²) in [5, 5.41) is 10.5. The van der Waals surface area contributed by atoms with Gasteiger partial charge in [-0.25, -0.2) is 13.8 Å². The van der Waals surface area contributed by atoms with E-state index in [0.717, 1.165) is 6.07 Å². The summed E-state index contributed by atoms with van der Waals surface area (Å²) < 4.78 is 32.8. The van der Waals surface area contributed by atoms with Gasteiger partial charge in [-0.15, -0.1) is 0 Å². The highest BCUT2D eigenvalue weighted by Crippen LogP contribution is 2.55. The third-order valence-corrected chi connectivity index (χ3v) is 4.21. The zero-order chi connectivity index (χ0) is 15.4. The van der Waals surface area contributed by atoms with Gasteiger partial charge in [0.05, 0.1) is 16.0 Å². The molecular formula is C12H10ClF2N3O3. The lowest BCUT2D eigenvalue weighted by Crippen LogP contribution is -2.39. The number of non-ortho nitro benzene ring substituents is 1. The SMILES string of the molecule is NC1=N[C@](CF)(c2cc([N+](=O)[O-])cc(F)c2Cl)[C@H]2CC2O1. The van der Waals surface area contributed by atoms with Crippen molar-refractivity contribution in [3.8, 4) is 0 Å². The summed E-state index contributed by atoms with van der Waals surface area (Å²) in [6.45, 7) is -1.00. The number of fused-ring (bicyclic) bond motifs is 1. The molecule has 112 valence electrons. The maximum Gasteiger partial charge on any atom is 0.283 e. The van der Waals surface area contributed by atoms with Gasteiger partial charge >= 0.3 is 0 Å². The molecule has 3 atom stereocenters. The molecule has 1 saturated carbocycles. The predicted molar refractivity (Wildman–Crippen MR) is 70.3 cm³/mol. The van der Waals surface area contributed by atoms with E-state index >= 15 is 0 Å². The molecule has 2 N–H and O–H groups in total. The molecule has 1 aliphatic carbocycles. The van der Waals surface area contributed by atoms with Crippen LogP contribution in [0, 0.1) is 21.8 Å². The molecular weight excluding hydrogens is 308 g/mol. The van der Waals surface area contributed by atoms with Gasteiger partial charge in [-0.2, -0.15) is 0 Å². The molecule has 0 saturated heterocycles. The van der Waals surface area contributed by atoms with E-state index < -0.39 is 28.6 Å². The Bertz CT molecular complexity index is 669. The number of aliphatic imine (C=N–C) groups is 1. The van der Waals surface area contributed by atoms with Crippen molar-refractivity contribution in [2.75, 3.05) is 6.67 Å². The van der Waals surface area contributed by atoms with Crippen LogP contribution in [0.25, 0.3) is 0 Å². The first-order valence-electron chi connectivity index (χ1n) is 6.11. The van der Waals surface area contributed by atoms with Crippen molar-refractivity contribution < 1.29 is 18.4 Å². The lowest BCUT2D eigenvalue weighted by Gasteiger charge is -2.31. The van der Waals surface area contributed by atoms with Crippen LogP contribution in [0.15, 0.2) is 17.1 Å². The van der Waals surface area contributed by atoms with E-state index in [1.807, 2.05) is 0 Å². The normalized spacial score (nSPS) is 30.1. The summed E-state index contributed by atoms with van der Waals surface area (Å²) >= 11 is 5.89. The minimum Gasteiger partial charge on any atom is -0.462 e. The summed E-state index contributed by atoms with van der Waals surface area (Å²) in [5.74, 6) is -1.36. The minimum absolute atomic E-state index is 0.0721. The second kappa shape index (κ2) is 4.52. The van der Waals surface area contributed by atoms with Crippen LogP contribution < -0.4 is 5.73 Å². The van der Waals surface area contributed by atoms with E-state index in [0.29, 0.717) is 12.5 Å². The van der Waals surface area contributed by atoms with Gasteiger partial charge in [-0.3, -0.25) is 10.1 Å². The maximum atomic E-state index is 13.8. The van der Waals surface area contributed by atoms with Gasteiger partial charge < -0.3 is 10.5 Å². The number of nitro benzene ring substituents is 1. The van der Waals surface area contributed by atoms with Crippen LogP contribution >= 0.6 is 11.6 Å². The lowest BCUT2D eigenvalue weighted by molar-refractivity contribution is -0.385. The third kappa shape index (κ3) is 2.01. The van der Waals surface area contributed by atoms with E-state index in [2.05, 4.69) is 4.99 Å². The number of nitrogens with two attached hydrogens (primary N) is 1. The number of rotatable bonds is 3. The van der Waals surface area contributed by atoms with Crippen LogP contribution in [-0.4, -0.2) is 23.7 Å². The van der Waals surface area contributed by atoms with Gasteiger partial charge in [0.25, 0.3) is 11.7 Å². The molecule has 0 radical (unpaired) electrons. The van der Waals surface area contributed by atoms with E-state index in [-0.39, 0.29) is 28.6 Å². The van der Waals surface area contributed by atoms with Crippen LogP contribution in [0.1, 0.15) is 12.0 Å². The molecule has 1 unspecified atom stereocenters. The van der Waals surface area contributed by atoms with Crippen LogP contribution in [0.3, 0.4) is 0 Å². The van der Waals surface area contributed by atoms with Crippen LogP contribution in [0.2, 0.25) is 5.02 Å². The summed E-state index contributed by atoms with van der Waals surface area (Å²) in [6.07, 6.45) is 0.158. The second-order valence-electron chi connectivity index (χ2n) is 5.05. The molecule has 9 heteroatoms. The van der Waals surface area contributed by atoms with Gasteiger partial charge in [0.1, 0.15) is 24.1 Å². The first-order chi connectivity index (χ1) is 9.89. The predicted octanol–water partition coefficient (Wildman–Crippen LogP) is 2.29. The zero-order valence-electron chi connectivity index (χ0n) is 10.6. The van der Waals surface area contributed by atoms with Crippen molar-refractivity contribution in [3.63, 3.8) is 0 Å². The molecule has 1 aliphatic heterocycles. The number of halogens is 3. The molecule has 0 spiro atoms. The highest BCUT2D eigenvalue weighted by molar-refractivity contribution is 6.31. The third-order valence-electron chi connectivity index (χ3n) is 3.82. The minimum atomic E-state index is -1.53. The standard InChI is InChI=1S/C12H10ClF2N3O3/c13-10-7(1-5(18(19)20)2-8(10)15)12(4-14)6-3-9(6)21-11(16)17-12/h1-2,6,9H,3-4H2,(H2,16,17)/t6-,9?,12-/m0/s1. The van der Waals surface area contributed by atoms with Crippen molar-refractivity contribution in [1.29, 1.82) is 0 Å².